The Morgan fingerprint density at radius 1 is 1.24 bits per heavy atom. The summed E-state index contributed by atoms with van der Waals surface area (Å²) >= 11 is 1.76. The van der Waals surface area contributed by atoms with Crippen LogP contribution in [-0.2, 0) is 13.0 Å². The van der Waals surface area contributed by atoms with Gasteiger partial charge >= 0.3 is 0 Å². The van der Waals surface area contributed by atoms with E-state index in [4.69, 9.17) is 5.73 Å². The van der Waals surface area contributed by atoms with Gasteiger partial charge in [-0.05, 0) is 35.4 Å². The lowest BCUT2D eigenvalue weighted by molar-refractivity contribution is 0.854. The highest BCUT2D eigenvalue weighted by Gasteiger charge is 1.99. The molecule has 3 rings (SSSR count). The Morgan fingerprint density at radius 3 is 2.95 bits per heavy atom. The molecule has 4 N–H and O–H groups in total. The van der Waals surface area contributed by atoms with Crippen molar-refractivity contribution in [2.24, 2.45) is 10.7 Å². The van der Waals surface area contributed by atoms with Gasteiger partial charge < -0.3 is 16.0 Å². The molecule has 0 radical (unpaired) electrons. The summed E-state index contributed by atoms with van der Waals surface area (Å²) in [5, 5.41) is 6.43. The van der Waals surface area contributed by atoms with E-state index in [0.29, 0.717) is 12.5 Å². The molecular weight excluding hydrogens is 280 g/mol. The number of nitrogens with two attached hydrogens (primary N) is 1. The standard InChI is InChI=1S/C16H18N4S/c17-16(18-8-7-14-5-3-9-21-14)19-11-13-10-12-4-1-2-6-15(12)20-13/h1-6,9-10,20H,7-8,11H2,(H3,17,18,19). The molecule has 0 atom stereocenters. The monoisotopic (exact) mass is 298 g/mol. The Balaban J connectivity index is 1.52. The van der Waals surface area contributed by atoms with Crippen LogP contribution in [0.25, 0.3) is 10.9 Å². The number of hydrogen-bond acceptors (Lipinski definition) is 2. The largest absolute Gasteiger partial charge is 0.370 e. The van der Waals surface area contributed by atoms with Crippen molar-refractivity contribution in [3.8, 4) is 0 Å². The van der Waals surface area contributed by atoms with Crippen molar-refractivity contribution < 1.29 is 0 Å². The summed E-state index contributed by atoms with van der Waals surface area (Å²) in [6, 6.07) is 14.5. The first-order valence-corrected chi connectivity index (χ1v) is 7.82. The van der Waals surface area contributed by atoms with Gasteiger partial charge in [-0.1, -0.05) is 24.3 Å². The van der Waals surface area contributed by atoms with Crippen LogP contribution in [0.15, 0.2) is 52.8 Å². The van der Waals surface area contributed by atoms with Crippen molar-refractivity contribution in [2.75, 3.05) is 6.54 Å². The van der Waals surface area contributed by atoms with Crippen molar-refractivity contribution >= 4 is 28.2 Å². The molecule has 0 aliphatic carbocycles. The van der Waals surface area contributed by atoms with Crippen molar-refractivity contribution in [1.29, 1.82) is 0 Å². The van der Waals surface area contributed by atoms with Gasteiger partial charge in [-0.15, -0.1) is 11.3 Å². The van der Waals surface area contributed by atoms with Crippen LogP contribution in [0.3, 0.4) is 0 Å². The summed E-state index contributed by atoms with van der Waals surface area (Å²) in [4.78, 5) is 9.06. The number of rotatable bonds is 5. The summed E-state index contributed by atoms with van der Waals surface area (Å²) in [7, 11) is 0. The normalized spacial score (nSPS) is 11.9. The minimum absolute atomic E-state index is 0.491. The van der Waals surface area contributed by atoms with Gasteiger partial charge in [0.2, 0.25) is 0 Å². The number of nitrogens with zero attached hydrogens (tertiary/aromatic N) is 1. The Bertz CT molecular complexity index is 695. The smallest absolute Gasteiger partial charge is 0.188 e. The van der Waals surface area contributed by atoms with Crippen LogP contribution in [0.4, 0.5) is 0 Å². The van der Waals surface area contributed by atoms with Gasteiger partial charge in [0.1, 0.15) is 0 Å². The molecule has 0 amide bonds. The highest BCUT2D eigenvalue weighted by atomic mass is 32.1. The maximum Gasteiger partial charge on any atom is 0.188 e. The molecule has 2 heterocycles. The average Bonchev–Trinajstić information content (AvgIpc) is 3.13. The topological polar surface area (TPSA) is 66.2 Å². The highest BCUT2D eigenvalue weighted by Crippen LogP contribution is 2.15. The van der Waals surface area contributed by atoms with Gasteiger partial charge in [0.15, 0.2) is 5.96 Å². The SMILES string of the molecule is NC(=NCc1cc2ccccc2[nH]1)NCCc1cccs1. The molecule has 108 valence electrons. The number of fused-ring (bicyclic) bond motifs is 1. The zero-order chi connectivity index (χ0) is 14.5. The third-order valence-electron chi connectivity index (χ3n) is 3.26. The predicted octanol–water partition coefficient (Wildman–Crippen LogP) is 2.88. The van der Waals surface area contributed by atoms with E-state index in [2.05, 4.69) is 51.0 Å². The molecule has 0 fully saturated rings. The zero-order valence-corrected chi connectivity index (χ0v) is 12.5. The van der Waals surface area contributed by atoms with E-state index in [1.165, 1.54) is 10.3 Å². The quantitative estimate of drug-likeness (QED) is 0.501. The van der Waals surface area contributed by atoms with Crippen LogP contribution < -0.4 is 11.1 Å². The Morgan fingerprint density at radius 2 is 2.14 bits per heavy atom. The first-order valence-electron chi connectivity index (χ1n) is 6.94. The lowest BCUT2D eigenvalue weighted by Crippen LogP contribution is -2.33. The predicted molar refractivity (Wildman–Crippen MR) is 89.7 cm³/mol. The van der Waals surface area contributed by atoms with Crippen molar-refractivity contribution in [3.05, 3.63) is 58.4 Å². The third-order valence-corrected chi connectivity index (χ3v) is 4.20. The summed E-state index contributed by atoms with van der Waals surface area (Å²) in [5.41, 5.74) is 8.08. The molecule has 0 aliphatic rings. The number of aromatic amines is 1. The first kappa shape index (κ1) is 13.7. The lowest BCUT2D eigenvalue weighted by Gasteiger charge is -2.04. The summed E-state index contributed by atoms with van der Waals surface area (Å²) < 4.78 is 0. The van der Waals surface area contributed by atoms with E-state index in [1.54, 1.807) is 11.3 Å². The van der Waals surface area contributed by atoms with Crippen molar-refractivity contribution in [3.63, 3.8) is 0 Å². The van der Waals surface area contributed by atoms with Gasteiger partial charge in [0.05, 0.1) is 6.54 Å². The summed E-state index contributed by atoms with van der Waals surface area (Å²) in [5.74, 6) is 0.491. The fourth-order valence-electron chi connectivity index (χ4n) is 2.21. The molecule has 0 saturated carbocycles. The molecule has 3 aromatic rings. The van der Waals surface area contributed by atoms with Gasteiger partial charge in [-0.3, -0.25) is 0 Å². The fourth-order valence-corrected chi connectivity index (χ4v) is 2.92. The van der Waals surface area contributed by atoms with Crippen LogP contribution >= 0.6 is 11.3 Å². The molecule has 0 spiro atoms. The number of benzene rings is 1. The maximum atomic E-state index is 5.88. The van der Waals surface area contributed by atoms with Gasteiger partial charge in [-0.25, -0.2) is 4.99 Å². The minimum Gasteiger partial charge on any atom is -0.370 e. The number of guanidine groups is 1. The van der Waals surface area contributed by atoms with Crippen molar-refractivity contribution in [2.45, 2.75) is 13.0 Å². The molecule has 5 heteroatoms. The lowest BCUT2D eigenvalue weighted by atomic mass is 10.2. The van der Waals surface area contributed by atoms with Gasteiger partial charge in [0, 0.05) is 22.6 Å². The number of aliphatic imine (C=N–C) groups is 1. The first-order chi connectivity index (χ1) is 10.3. The molecule has 0 bridgehead atoms. The maximum absolute atomic E-state index is 5.88. The highest BCUT2D eigenvalue weighted by molar-refractivity contribution is 7.09. The molecular formula is C16H18N4S. The molecule has 0 aliphatic heterocycles. The number of para-hydroxylation sites is 1. The Labute approximate surface area is 127 Å². The van der Waals surface area contributed by atoms with E-state index in [9.17, 15) is 0 Å². The average molecular weight is 298 g/mol. The number of hydrogen-bond donors (Lipinski definition) is 3. The molecule has 4 nitrogen and oxygen atoms in total. The second-order valence-electron chi connectivity index (χ2n) is 4.84. The van der Waals surface area contributed by atoms with Crippen LogP contribution in [0, 0.1) is 0 Å². The van der Waals surface area contributed by atoms with Crippen LogP contribution in [0.2, 0.25) is 0 Å². The van der Waals surface area contributed by atoms with Crippen LogP contribution in [0.1, 0.15) is 10.6 Å². The Hall–Kier alpha value is -2.27. The second kappa shape index (κ2) is 6.45. The minimum atomic E-state index is 0.491. The van der Waals surface area contributed by atoms with E-state index >= 15 is 0 Å². The number of aromatic nitrogens is 1. The van der Waals surface area contributed by atoms with E-state index in [1.807, 2.05) is 12.1 Å². The summed E-state index contributed by atoms with van der Waals surface area (Å²) in [6.07, 6.45) is 0.972. The van der Waals surface area contributed by atoms with Crippen molar-refractivity contribution in [1.82, 2.24) is 10.3 Å². The zero-order valence-electron chi connectivity index (χ0n) is 11.7. The third kappa shape index (κ3) is 3.64. The van der Waals surface area contributed by atoms with Gasteiger partial charge in [-0.2, -0.15) is 0 Å². The van der Waals surface area contributed by atoms with Crippen LogP contribution in [-0.4, -0.2) is 17.5 Å². The van der Waals surface area contributed by atoms with Crippen LogP contribution in [0.5, 0.6) is 0 Å². The number of thiophene rings is 1. The number of H-pyrrole nitrogens is 1. The Kier molecular flexibility index (Phi) is 4.21. The molecule has 1 aromatic carbocycles. The fraction of sp³-hybridized carbons (Fsp3) is 0.188. The summed E-state index contributed by atoms with van der Waals surface area (Å²) in [6.45, 7) is 1.37. The number of nitrogens with one attached hydrogen (secondary N) is 2. The second-order valence-corrected chi connectivity index (χ2v) is 5.87. The van der Waals surface area contributed by atoms with E-state index < -0.39 is 0 Å². The molecule has 0 unspecified atom stereocenters. The van der Waals surface area contributed by atoms with Gasteiger partial charge in [0.25, 0.3) is 0 Å². The van der Waals surface area contributed by atoms with E-state index in [0.717, 1.165) is 24.2 Å². The molecule has 21 heavy (non-hydrogen) atoms. The molecule has 2 aromatic heterocycles. The molecule has 0 saturated heterocycles. The van der Waals surface area contributed by atoms with E-state index in [-0.39, 0.29) is 0 Å².